The summed E-state index contributed by atoms with van der Waals surface area (Å²) in [6, 6.07) is 21.1. The second-order valence-electron chi connectivity index (χ2n) is 7.20. The van der Waals surface area contributed by atoms with Gasteiger partial charge >= 0.3 is 0 Å². The standard InChI is InChI=1S/C24H21N3O3/c1-15-12-20-22(24(28)27(15)2)21(19(13-25)23(26)30-20)17-8-10-18(11-9-17)29-14-16-6-4-3-5-7-16/h3-12,21H,14,26H2,1-2H3. The second-order valence-corrected chi connectivity index (χ2v) is 7.20. The summed E-state index contributed by atoms with van der Waals surface area (Å²) < 4.78 is 13.0. The van der Waals surface area contributed by atoms with Crippen molar-refractivity contribution >= 4 is 0 Å². The predicted octanol–water partition coefficient (Wildman–Crippen LogP) is 3.49. The molecule has 0 bridgehead atoms. The zero-order chi connectivity index (χ0) is 21.3. The van der Waals surface area contributed by atoms with Crippen LogP contribution in [0.1, 0.15) is 28.3 Å². The highest BCUT2D eigenvalue weighted by atomic mass is 16.5. The Morgan fingerprint density at radius 2 is 1.87 bits per heavy atom. The lowest BCUT2D eigenvalue weighted by Gasteiger charge is -2.26. The maximum atomic E-state index is 13.0. The molecular weight excluding hydrogens is 378 g/mol. The minimum Gasteiger partial charge on any atom is -0.489 e. The molecule has 2 heterocycles. The molecule has 4 rings (SSSR count). The maximum absolute atomic E-state index is 13.0. The number of hydrogen-bond acceptors (Lipinski definition) is 5. The summed E-state index contributed by atoms with van der Waals surface area (Å²) in [5.74, 6) is 0.511. The largest absolute Gasteiger partial charge is 0.489 e. The number of allylic oxidation sites excluding steroid dienone is 1. The molecule has 150 valence electrons. The highest BCUT2D eigenvalue weighted by molar-refractivity contribution is 5.55. The number of aromatic nitrogens is 1. The first-order chi connectivity index (χ1) is 14.5. The number of benzene rings is 2. The van der Waals surface area contributed by atoms with Gasteiger partial charge in [-0.15, -0.1) is 0 Å². The first kappa shape index (κ1) is 19.3. The van der Waals surface area contributed by atoms with Crippen LogP contribution in [0.5, 0.6) is 11.5 Å². The zero-order valence-corrected chi connectivity index (χ0v) is 16.8. The number of nitrogens with two attached hydrogens (primary N) is 1. The van der Waals surface area contributed by atoms with Crippen molar-refractivity contribution < 1.29 is 9.47 Å². The molecule has 2 N–H and O–H groups in total. The molecule has 1 aliphatic heterocycles. The van der Waals surface area contributed by atoms with Gasteiger partial charge in [0, 0.05) is 18.8 Å². The summed E-state index contributed by atoms with van der Waals surface area (Å²) in [5, 5.41) is 9.70. The average molecular weight is 399 g/mol. The van der Waals surface area contributed by atoms with E-state index >= 15 is 0 Å². The first-order valence-electron chi connectivity index (χ1n) is 9.54. The lowest BCUT2D eigenvalue weighted by Crippen LogP contribution is -2.31. The van der Waals surface area contributed by atoms with Crippen molar-refractivity contribution in [1.82, 2.24) is 4.57 Å². The van der Waals surface area contributed by atoms with Gasteiger partial charge < -0.3 is 19.8 Å². The lowest BCUT2D eigenvalue weighted by atomic mass is 9.84. The quantitative estimate of drug-likeness (QED) is 0.725. The Bertz CT molecular complexity index is 1220. The minimum atomic E-state index is -0.596. The molecule has 0 spiro atoms. The van der Waals surface area contributed by atoms with Crippen LogP contribution in [0.3, 0.4) is 0 Å². The van der Waals surface area contributed by atoms with E-state index in [0.29, 0.717) is 23.7 Å². The molecule has 1 aromatic heterocycles. The molecule has 30 heavy (non-hydrogen) atoms. The van der Waals surface area contributed by atoms with E-state index in [2.05, 4.69) is 6.07 Å². The second kappa shape index (κ2) is 7.80. The Morgan fingerprint density at radius 3 is 2.53 bits per heavy atom. The van der Waals surface area contributed by atoms with Crippen LogP contribution in [0.4, 0.5) is 0 Å². The van der Waals surface area contributed by atoms with Crippen LogP contribution in [0.25, 0.3) is 0 Å². The number of fused-ring (bicyclic) bond motifs is 1. The topological polar surface area (TPSA) is 90.3 Å². The van der Waals surface area contributed by atoms with Crippen LogP contribution in [0, 0.1) is 18.3 Å². The number of nitriles is 1. The molecule has 1 unspecified atom stereocenters. The predicted molar refractivity (Wildman–Crippen MR) is 113 cm³/mol. The van der Waals surface area contributed by atoms with Gasteiger partial charge in [0.2, 0.25) is 5.88 Å². The monoisotopic (exact) mass is 399 g/mol. The van der Waals surface area contributed by atoms with Crippen LogP contribution < -0.4 is 20.8 Å². The van der Waals surface area contributed by atoms with Crippen molar-refractivity contribution in [3.8, 4) is 17.6 Å². The van der Waals surface area contributed by atoms with Gasteiger partial charge in [0.05, 0.1) is 11.5 Å². The molecule has 0 radical (unpaired) electrons. The summed E-state index contributed by atoms with van der Waals surface area (Å²) in [4.78, 5) is 13.0. The molecule has 3 aromatic rings. The van der Waals surface area contributed by atoms with Crippen LogP contribution in [-0.2, 0) is 13.7 Å². The van der Waals surface area contributed by atoms with Gasteiger partial charge in [-0.1, -0.05) is 42.5 Å². The number of aryl methyl sites for hydroxylation is 1. The van der Waals surface area contributed by atoms with Gasteiger partial charge in [-0.3, -0.25) is 4.79 Å². The molecule has 0 fully saturated rings. The minimum absolute atomic E-state index is 0.0204. The van der Waals surface area contributed by atoms with Gasteiger partial charge in [-0.2, -0.15) is 5.26 Å². The van der Waals surface area contributed by atoms with E-state index in [9.17, 15) is 10.1 Å². The van der Waals surface area contributed by atoms with E-state index in [4.69, 9.17) is 15.2 Å². The van der Waals surface area contributed by atoms with Gasteiger partial charge in [-0.25, -0.2) is 0 Å². The molecule has 1 atom stereocenters. The van der Waals surface area contributed by atoms with Crippen LogP contribution in [0.2, 0.25) is 0 Å². The molecule has 6 heteroatoms. The third kappa shape index (κ3) is 3.42. The van der Waals surface area contributed by atoms with Gasteiger partial charge in [0.15, 0.2) is 0 Å². The lowest BCUT2D eigenvalue weighted by molar-refractivity contribution is 0.306. The van der Waals surface area contributed by atoms with Crippen molar-refractivity contribution in [2.75, 3.05) is 0 Å². The Labute approximate surface area is 174 Å². The SMILES string of the molecule is Cc1cc2c(c(=O)n1C)C(c1ccc(OCc3ccccc3)cc1)C(C#N)=C(N)O2. The van der Waals surface area contributed by atoms with E-state index in [1.54, 1.807) is 17.7 Å². The summed E-state index contributed by atoms with van der Waals surface area (Å²) in [5.41, 5.74) is 9.02. The molecule has 0 saturated heterocycles. The fourth-order valence-electron chi connectivity index (χ4n) is 3.57. The Balaban J connectivity index is 1.70. The van der Waals surface area contributed by atoms with E-state index in [0.717, 1.165) is 16.8 Å². The number of hydrogen-bond donors (Lipinski definition) is 1. The Morgan fingerprint density at radius 1 is 1.17 bits per heavy atom. The molecular formula is C24H21N3O3. The summed E-state index contributed by atoms with van der Waals surface area (Å²) in [7, 11) is 1.70. The summed E-state index contributed by atoms with van der Waals surface area (Å²) in [6.07, 6.45) is 0. The van der Waals surface area contributed by atoms with E-state index in [-0.39, 0.29) is 17.0 Å². The fraction of sp³-hybridized carbons (Fsp3) is 0.167. The molecule has 0 amide bonds. The van der Waals surface area contributed by atoms with Crippen molar-refractivity contribution in [3.05, 3.63) is 105 Å². The van der Waals surface area contributed by atoms with Crippen molar-refractivity contribution in [3.63, 3.8) is 0 Å². The van der Waals surface area contributed by atoms with Crippen LogP contribution in [-0.4, -0.2) is 4.57 Å². The van der Waals surface area contributed by atoms with Crippen LogP contribution in [0.15, 0.2) is 76.9 Å². The van der Waals surface area contributed by atoms with Gasteiger partial charge in [-0.05, 0) is 30.2 Å². The first-order valence-corrected chi connectivity index (χ1v) is 9.54. The Kier molecular flexibility index (Phi) is 5.03. The van der Waals surface area contributed by atoms with Crippen molar-refractivity contribution in [2.45, 2.75) is 19.4 Å². The number of rotatable bonds is 4. The summed E-state index contributed by atoms with van der Waals surface area (Å²) in [6.45, 7) is 2.27. The van der Waals surface area contributed by atoms with Crippen molar-refractivity contribution in [2.24, 2.45) is 12.8 Å². The highest BCUT2D eigenvalue weighted by Crippen LogP contribution is 2.40. The van der Waals surface area contributed by atoms with Crippen LogP contribution >= 0.6 is 0 Å². The third-order valence-electron chi connectivity index (χ3n) is 5.31. The molecule has 1 aliphatic rings. The molecule has 2 aromatic carbocycles. The fourth-order valence-corrected chi connectivity index (χ4v) is 3.57. The van der Waals surface area contributed by atoms with E-state index in [1.165, 1.54) is 0 Å². The normalized spacial score (nSPS) is 15.2. The third-order valence-corrected chi connectivity index (χ3v) is 5.31. The number of ether oxygens (including phenoxy) is 2. The molecule has 0 saturated carbocycles. The average Bonchev–Trinajstić information content (AvgIpc) is 2.76. The van der Waals surface area contributed by atoms with E-state index in [1.807, 2.05) is 61.5 Å². The number of pyridine rings is 1. The molecule has 0 aliphatic carbocycles. The maximum Gasteiger partial charge on any atom is 0.258 e. The van der Waals surface area contributed by atoms with Gasteiger partial charge in [0.1, 0.15) is 29.7 Å². The Hall–Kier alpha value is -3.98. The molecule has 6 nitrogen and oxygen atoms in total. The highest BCUT2D eigenvalue weighted by Gasteiger charge is 2.33. The van der Waals surface area contributed by atoms with Gasteiger partial charge in [0.25, 0.3) is 5.56 Å². The van der Waals surface area contributed by atoms with E-state index < -0.39 is 5.92 Å². The summed E-state index contributed by atoms with van der Waals surface area (Å²) >= 11 is 0. The van der Waals surface area contributed by atoms with Crippen molar-refractivity contribution in [1.29, 1.82) is 5.26 Å². The smallest absolute Gasteiger partial charge is 0.258 e. The zero-order valence-electron chi connectivity index (χ0n) is 16.8. The number of nitrogens with zero attached hydrogens (tertiary/aromatic N) is 2.